The molecule has 1 atom stereocenters. The number of rotatable bonds is 9. The maximum absolute atomic E-state index is 11.8. The summed E-state index contributed by atoms with van der Waals surface area (Å²) in [5.41, 5.74) is 0. The normalized spacial score (nSPS) is 21.1. The molecule has 1 heterocycles. The highest BCUT2D eigenvalue weighted by molar-refractivity contribution is 7.89. The Morgan fingerprint density at radius 3 is 2.83 bits per heavy atom. The highest BCUT2D eigenvalue weighted by atomic mass is 32.2. The summed E-state index contributed by atoms with van der Waals surface area (Å²) in [6.07, 6.45) is 2.04. The van der Waals surface area contributed by atoms with Crippen LogP contribution in [0.4, 0.5) is 0 Å². The zero-order valence-corrected chi connectivity index (χ0v) is 11.8. The van der Waals surface area contributed by atoms with Crippen LogP contribution in [-0.2, 0) is 19.5 Å². The molecule has 0 aliphatic carbocycles. The van der Waals surface area contributed by atoms with E-state index in [1.54, 1.807) is 7.11 Å². The van der Waals surface area contributed by atoms with Gasteiger partial charge in [0, 0.05) is 13.7 Å². The van der Waals surface area contributed by atoms with Gasteiger partial charge in [0.1, 0.15) is 0 Å². The molecule has 6 nitrogen and oxygen atoms in total. The van der Waals surface area contributed by atoms with Crippen LogP contribution in [0.3, 0.4) is 0 Å². The third-order valence-electron chi connectivity index (χ3n) is 2.85. The quantitative estimate of drug-likeness (QED) is 0.560. The first-order valence-electron chi connectivity index (χ1n) is 6.39. The van der Waals surface area contributed by atoms with Gasteiger partial charge in [-0.3, -0.25) is 0 Å². The van der Waals surface area contributed by atoms with Crippen molar-refractivity contribution in [2.24, 2.45) is 5.92 Å². The average molecular weight is 280 g/mol. The minimum absolute atomic E-state index is 0.206. The summed E-state index contributed by atoms with van der Waals surface area (Å²) in [6, 6.07) is 0. The zero-order valence-electron chi connectivity index (χ0n) is 11.0. The van der Waals surface area contributed by atoms with Gasteiger partial charge in [0.15, 0.2) is 0 Å². The SMILES string of the molecule is COCCOCCNS(=O)(=O)CC1CCCNC1. The van der Waals surface area contributed by atoms with E-state index in [9.17, 15) is 8.42 Å². The van der Waals surface area contributed by atoms with Crippen LogP contribution in [0.1, 0.15) is 12.8 Å². The largest absolute Gasteiger partial charge is 0.382 e. The van der Waals surface area contributed by atoms with Crippen LogP contribution in [0.25, 0.3) is 0 Å². The first-order chi connectivity index (χ1) is 8.64. The summed E-state index contributed by atoms with van der Waals surface area (Å²) in [4.78, 5) is 0. The molecule has 1 fully saturated rings. The molecule has 1 aliphatic heterocycles. The van der Waals surface area contributed by atoms with Gasteiger partial charge in [-0.25, -0.2) is 13.1 Å². The predicted molar refractivity (Wildman–Crippen MR) is 70.1 cm³/mol. The van der Waals surface area contributed by atoms with Crippen LogP contribution >= 0.6 is 0 Å². The lowest BCUT2D eigenvalue weighted by molar-refractivity contribution is 0.0736. The van der Waals surface area contributed by atoms with Crippen molar-refractivity contribution < 1.29 is 17.9 Å². The van der Waals surface area contributed by atoms with E-state index in [1.807, 2.05) is 0 Å². The van der Waals surface area contributed by atoms with Gasteiger partial charge in [-0.05, 0) is 31.8 Å². The Hall–Kier alpha value is -0.210. The molecule has 0 amide bonds. The Bertz CT molecular complexity index is 302. The Labute approximate surface area is 109 Å². The van der Waals surface area contributed by atoms with Gasteiger partial charge in [0.05, 0.1) is 25.6 Å². The summed E-state index contributed by atoms with van der Waals surface area (Å²) in [7, 11) is -1.57. The zero-order chi connectivity index (χ0) is 13.3. The molecule has 0 saturated carbocycles. The number of methoxy groups -OCH3 is 1. The Kier molecular flexibility index (Phi) is 7.76. The first kappa shape index (κ1) is 15.8. The number of sulfonamides is 1. The number of piperidine rings is 1. The van der Waals surface area contributed by atoms with Crippen LogP contribution in [0.15, 0.2) is 0 Å². The maximum atomic E-state index is 11.8. The van der Waals surface area contributed by atoms with Crippen LogP contribution in [0.5, 0.6) is 0 Å². The van der Waals surface area contributed by atoms with Crippen LogP contribution in [-0.4, -0.2) is 60.7 Å². The fourth-order valence-electron chi connectivity index (χ4n) is 1.95. The van der Waals surface area contributed by atoms with Gasteiger partial charge >= 0.3 is 0 Å². The molecular formula is C11H24N2O4S. The third-order valence-corrected chi connectivity index (χ3v) is 4.41. The molecule has 1 rings (SSSR count). The van der Waals surface area contributed by atoms with Crippen molar-refractivity contribution in [2.75, 3.05) is 52.3 Å². The van der Waals surface area contributed by atoms with Crippen molar-refractivity contribution >= 4 is 10.0 Å². The highest BCUT2D eigenvalue weighted by Crippen LogP contribution is 2.11. The summed E-state index contributed by atoms with van der Waals surface area (Å²) >= 11 is 0. The van der Waals surface area contributed by atoms with E-state index in [4.69, 9.17) is 9.47 Å². The molecule has 7 heteroatoms. The lowest BCUT2D eigenvalue weighted by Gasteiger charge is -2.22. The van der Waals surface area contributed by atoms with Gasteiger partial charge in [-0.15, -0.1) is 0 Å². The molecule has 0 aromatic rings. The van der Waals surface area contributed by atoms with Crippen molar-refractivity contribution in [2.45, 2.75) is 12.8 Å². The summed E-state index contributed by atoms with van der Waals surface area (Å²) in [6.45, 7) is 3.52. The fourth-order valence-corrected chi connectivity index (χ4v) is 3.37. The minimum atomic E-state index is -3.18. The van der Waals surface area contributed by atoms with Crippen LogP contribution in [0, 0.1) is 5.92 Å². The molecule has 1 aliphatic rings. The second-order valence-corrected chi connectivity index (χ2v) is 6.34. The van der Waals surface area contributed by atoms with Gasteiger partial charge in [0.2, 0.25) is 10.0 Å². The van der Waals surface area contributed by atoms with E-state index in [1.165, 1.54) is 0 Å². The monoisotopic (exact) mass is 280 g/mol. The topological polar surface area (TPSA) is 76.7 Å². The van der Waals surface area contributed by atoms with Crippen LogP contribution < -0.4 is 10.0 Å². The molecule has 1 unspecified atom stereocenters. The van der Waals surface area contributed by atoms with E-state index in [0.29, 0.717) is 26.4 Å². The highest BCUT2D eigenvalue weighted by Gasteiger charge is 2.20. The Morgan fingerprint density at radius 2 is 2.17 bits per heavy atom. The van der Waals surface area contributed by atoms with Gasteiger partial charge < -0.3 is 14.8 Å². The molecule has 0 radical (unpaired) electrons. The van der Waals surface area contributed by atoms with E-state index >= 15 is 0 Å². The van der Waals surface area contributed by atoms with Gasteiger partial charge in [-0.2, -0.15) is 0 Å². The van der Waals surface area contributed by atoms with E-state index in [-0.39, 0.29) is 11.7 Å². The lowest BCUT2D eigenvalue weighted by atomic mass is 10.0. The van der Waals surface area contributed by atoms with E-state index < -0.39 is 10.0 Å². The van der Waals surface area contributed by atoms with Gasteiger partial charge in [0.25, 0.3) is 0 Å². The minimum Gasteiger partial charge on any atom is -0.382 e. The van der Waals surface area contributed by atoms with E-state index in [2.05, 4.69) is 10.0 Å². The van der Waals surface area contributed by atoms with E-state index in [0.717, 1.165) is 25.9 Å². The number of hydrogen-bond donors (Lipinski definition) is 2. The van der Waals surface area contributed by atoms with Crippen LogP contribution in [0.2, 0.25) is 0 Å². The number of hydrogen-bond acceptors (Lipinski definition) is 5. The predicted octanol–water partition coefficient (Wildman–Crippen LogP) is -0.432. The molecule has 0 bridgehead atoms. The third kappa shape index (κ3) is 7.27. The Morgan fingerprint density at radius 1 is 1.33 bits per heavy atom. The maximum Gasteiger partial charge on any atom is 0.211 e. The smallest absolute Gasteiger partial charge is 0.211 e. The van der Waals surface area contributed by atoms with Crippen molar-refractivity contribution in [1.29, 1.82) is 0 Å². The van der Waals surface area contributed by atoms with Gasteiger partial charge in [-0.1, -0.05) is 0 Å². The van der Waals surface area contributed by atoms with Crippen molar-refractivity contribution in [3.8, 4) is 0 Å². The summed E-state index contributed by atoms with van der Waals surface area (Å²) in [5, 5.41) is 3.22. The van der Waals surface area contributed by atoms with Crippen molar-refractivity contribution in [3.05, 3.63) is 0 Å². The second kappa shape index (κ2) is 8.82. The lowest BCUT2D eigenvalue weighted by Crippen LogP contribution is -2.38. The molecule has 0 aromatic heterocycles. The molecule has 1 saturated heterocycles. The second-order valence-electron chi connectivity index (χ2n) is 4.49. The fraction of sp³-hybridized carbons (Fsp3) is 1.00. The number of nitrogens with one attached hydrogen (secondary N) is 2. The average Bonchev–Trinajstić information content (AvgIpc) is 2.34. The Balaban J connectivity index is 2.11. The molecule has 108 valence electrons. The summed E-state index contributed by atoms with van der Waals surface area (Å²) in [5.74, 6) is 0.434. The molecular weight excluding hydrogens is 256 g/mol. The molecule has 0 spiro atoms. The van der Waals surface area contributed by atoms with Crippen molar-refractivity contribution in [1.82, 2.24) is 10.0 Å². The van der Waals surface area contributed by atoms with Crippen molar-refractivity contribution in [3.63, 3.8) is 0 Å². The molecule has 2 N–H and O–H groups in total. The number of ether oxygens (including phenoxy) is 2. The standard InChI is InChI=1S/C11H24N2O4S/c1-16-7-8-17-6-5-13-18(14,15)10-11-3-2-4-12-9-11/h11-13H,2-10H2,1H3. The molecule has 18 heavy (non-hydrogen) atoms. The molecule has 0 aromatic carbocycles. The summed E-state index contributed by atoms with van der Waals surface area (Å²) < 4.78 is 36.1. The first-order valence-corrected chi connectivity index (χ1v) is 8.04.